The van der Waals surface area contributed by atoms with Crippen molar-refractivity contribution >= 4 is 51.8 Å². The molecule has 0 aliphatic heterocycles. The third kappa shape index (κ3) is 4.63. The van der Waals surface area contributed by atoms with Gasteiger partial charge in [-0.2, -0.15) is 13.2 Å². The van der Waals surface area contributed by atoms with Crippen LogP contribution < -0.4 is 10.6 Å². The van der Waals surface area contributed by atoms with Gasteiger partial charge >= 0.3 is 6.18 Å². The van der Waals surface area contributed by atoms with Gasteiger partial charge in [0.05, 0.1) is 44.6 Å². The summed E-state index contributed by atoms with van der Waals surface area (Å²) in [5, 5.41) is 6.28. The number of anilines is 2. The Labute approximate surface area is 189 Å². The first-order chi connectivity index (χ1) is 15.2. The van der Waals surface area contributed by atoms with Gasteiger partial charge in [0.15, 0.2) is 0 Å². The van der Waals surface area contributed by atoms with E-state index in [1.807, 2.05) is 0 Å². The zero-order valence-electron chi connectivity index (χ0n) is 16.1. The number of amides is 1. The summed E-state index contributed by atoms with van der Waals surface area (Å²) in [6, 6.07) is 11.9. The molecule has 0 atom stereocenters. The third-order valence-corrected chi connectivity index (χ3v) is 5.19. The van der Waals surface area contributed by atoms with Crippen molar-refractivity contribution in [1.82, 2.24) is 20.3 Å². The molecule has 0 saturated carbocycles. The maximum absolute atomic E-state index is 13.1. The quantitative estimate of drug-likeness (QED) is 0.330. The Morgan fingerprint density at radius 1 is 1.06 bits per heavy atom. The largest absolute Gasteiger partial charge is 0.418 e. The highest BCUT2D eigenvalue weighted by atomic mass is 35.5. The maximum atomic E-state index is 13.1. The number of halogens is 5. The van der Waals surface area contributed by atoms with E-state index in [9.17, 15) is 18.0 Å². The van der Waals surface area contributed by atoms with E-state index in [1.54, 1.807) is 30.3 Å². The number of aromatic amines is 1. The number of hydrogen-bond donors (Lipinski definition) is 3. The van der Waals surface area contributed by atoms with Crippen LogP contribution in [0.5, 0.6) is 0 Å². The normalized spacial score (nSPS) is 11.5. The average Bonchev–Trinajstić information content (AvgIpc) is 3.16. The standard InChI is InChI=1S/C21H14Cl2F3N5O/c22-13-4-1-5-14(23)18(13)31-20-29-15-7-6-11(9-16(15)30-20)19(32)28-10-17-12(21(24,25)26)3-2-8-27-17/h1-9H,10H2,(H,28,32)(H2,29,30,31). The molecule has 4 aromatic rings. The van der Waals surface area contributed by atoms with Gasteiger partial charge in [-0.15, -0.1) is 0 Å². The number of carbonyl (C=O) groups excluding carboxylic acids is 1. The second kappa shape index (κ2) is 8.68. The van der Waals surface area contributed by atoms with Crippen LogP contribution in [0.2, 0.25) is 10.0 Å². The van der Waals surface area contributed by atoms with Crippen LogP contribution in [0.15, 0.2) is 54.7 Å². The Kier molecular flexibility index (Phi) is 5.94. The topological polar surface area (TPSA) is 82.7 Å². The molecule has 1 amide bonds. The van der Waals surface area contributed by atoms with E-state index in [-0.39, 0.29) is 17.8 Å². The molecule has 6 nitrogen and oxygen atoms in total. The van der Waals surface area contributed by atoms with Crippen molar-refractivity contribution in [3.63, 3.8) is 0 Å². The van der Waals surface area contributed by atoms with E-state index in [1.165, 1.54) is 18.3 Å². The molecule has 0 spiro atoms. The first kappa shape index (κ1) is 21.9. The van der Waals surface area contributed by atoms with Crippen LogP contribution in [-0.4, -0.2) is 20.9 Å². The Balaban J connectivity index is 1.51. The predicted octanol–water partition coefficient (Wildman–Crippen LogP) is 5.96. The van der Waals surface area contributed by atoms with Crippen molar-refractivity contribution in [1.29, 1.82) is 0 Å². The monoisotopic (exact) mass is 479 g/mol. The number of aromatic nitrogens is 3. The van der Waals surface area contributed by atoms with E-state index in [4.69, 9.17) is 23.2 Å². The summed E-state index contributed by atoms with van der Waals surface area (Å²) in [4.78, 5) is 23.6. The maximum Gasteiger partial charge on any atom is 0.418 e. The highest BCUT2D eigenvalue weighted by molar-refractivity contribution is 6.39. The van der Waals surface area contributed by atoms with Crippen LogP contribution in [-0.2, 0) is 12.7 Å². The summed E-state index contributed by atoms with van der Waals surface area (Å²) in [6.07, 6.45) is -3.32. The smallest absolute Gasteiger partial charge is 0.346 e. The van der Waals surface area contributed by atoms with Gasteiger partial charge in [0, 0.05) is 11.8 Å². The third-order valence-electron chi connectivity index (χ3n) is 4.56. The van der Waals surface area contributed by atoms with Gasteiger partial charge in [-0.05, 0) is 42.5 Å². The number of H-pyrrole nitrogens is 1. The van der Waals surface area contributed by atoms with Crippen molar-refractivity contribution in [3.05, 3.63) is 81.6 Å². The number of para-hydroxylation sites is 1. The lowest BCUT2D eigenvalue weighted by molar-refractivity contribution is -0.138. The van der Waals surface area contributed by atoms with E-state index >= 15 is 0 Å². The molecule has 0 unspecified atom stereocenters. The molecule has 2 aromatic heterocycles. The molecule has 3 N–H and O–H groups in total. The molecule has 4 rings (SSSR count). The Morgan fingerprint density at radius 3 is 2.53 bits per heavy atom. The Hall–Kier alpha value is -3.30. The number of alkyl halides is 3. The fraction of sp³-hybridized carbons (Fsp3) is 0.0952. The molecule has 0 fully saturated rings. The number of rotatable bonds is 5. The van der Waals surface area contributed by atoms with Gasteiger partial charge in [-0.25, -0.2) is 4.98 Å². The van der Waals surface area contributed by atoms with E-state index < -0.39 is 17.6 Å². The van der Waals surface area contributed by atoms with E-state index in [0.29, 0.717) is 32.7 Å². The van der Waals surface area contributed by atoms with Gasteiger partial charge in [0.2, 0.25) is 5.95 Å². The fourth-order valence-electron chi connectivity index (χ4n) is 3.05. The number of benzene rings is 2. The number of hydrogen-bond acceptors (Lipinski definition) is 4. The van der Waals surface area contributed by atoms with Crippen LogP contribution >= 0.6 is 23.2 Å². The van der Waals surface area contributed by atoms with Crippen molar-refractivity contribution in [2.75, 3.05) is 5.32 Å². The molecule has 0 bridgehead atoms. The summed E-state index contributed by atoms with van der Waals surface area (Å²) in [6.45, 7) is -0.368. The highest BCUT2D eigenvalue weighted by Gasteiger charge is 2.33. The molecule has 11 heteroatoms. The van der Waals surface area contributed by atoms with Gasteiger partial charge in [0.1, 0.15) is 0 Å². The molecule has 0 radical (unpaired) electrons. The minimum atomic E-state index is -4.56. The van der Waals surface area contributed by atoms with Crippen LogP contribution in [0, 0.1) is 0 Å². The van der Waals surface area contributed by atoms with Gasteiger partial charge in [0.25, 0.3) is 5.91 Å². The van der Waals surface area contributed by atoms with Crippen LogP contribution in [0.3, 0.4) is 0 Å². The van der Waals surface area contributed by atoms with Crippen molar-refractivity contribution < 1.29 is 18.0 Å². The summed E-state index contributed by atoms with van der Waals surface area (Å²) in [5.74, 6) is -0.195. The number of nitrogens with one attached hydrogen (secondary N) is 3. The molecule has 2 aromatic carbocycles. The van der Waals surface area contributed by atoms with E-state index in [2.05, 4.69) is 25.6 Å². The van der Waals surface area contributed by atoms with Crippen molar-refractivity contribution in [2.45, 2.75) is 12.7 Å². The lowest BCUT2D eigenvalue weighted by Crippen LogP contribution is -2.25. The minimum Gasteiger partial charge on any atom is -0.346 e. The number of nitrogens with zero attached hydrogens (tertiary/aromatic N) is 2. The van der Waals surface area contributed by atoms with Gasteiger partial charge in [-0.3, -0.25) is 9.78 Å². The second-order valence-electron chi connectivity index (χ2n) is 6.72. The van der Waals surface area contributed by atoms with Gasteiger partial charge < -0.3 is 15.6 Å². The highest BCUT2D eigenvalue weighted by Crippen LogP contribution is 2.33. The summed E-state index contributed by atoms with van der Waals surface area (Å²) in [5.41, 5.74) is 0.669. The summed E-state index contributed by atoms with van der Waals surface area (Å²) in [7, 11) is 0. The first-order valence-corrected chi connectivity index (χ1v) is 9.98. The lowest BCUT2D eigenvalue weighted by Gasteiger charge is -2.12. The van der Waals surface area contributed by atoms with Crippen molar-refractivity contribution in [3.8, 4) is 0 Å². The second-order valence-corrected chi connectivity index (χ2v) is 7.53. The molecular weight excluding hydrogens is 466 g/mol. The summed E-state index contributed by atoms with van der Waals surface area (Å²) < 4.78 is 39.3. The minimum absolute atomic E-state index is 0.243. The molecule has 0 aliphatic rings. The van der Waals surface area contributed by atoms with Crippen LogP contribution in [0.1, 0.15) is 21.6 Å². The van der Waals surface area contributed by atoms with E-state index in [0.717, 1.165) is 6.07 Å². The van der Waals surface area contributed by atoms with Crippen LogP contribution in [0.4, 0.5) is 24.8 Å². The lowest BCUT2D eigenvalue weighted by atomic mass is 10.1. The molecular formula is C21H14Cl2F3N5O. The first-order valence-electron chi connectivity index (χ1n) is 9.22. The Morgan fingerprint density at radius 2 is 1.81 bits per heavy atom. The number of pyridine rings is 1. The summed E-state index contributed by atoms with van der Waals surface area (Å²) >= 11 is 12.3. The zero-order chi connectivity index (χ0) is 22.9. The molecule has 164 valence electrons. The Bertz CT molecular complexity index is 1290. The SMILES string of the molecule is O=C(NCc1ncccc1C(F)(F)F)c1ccc2nc(Nc3c(Cl)cccc3Cl)[nH]c2c1. The fourth-order valence-corrected chi connectivity index (χ4v) is 3.54. The predicted molar refractivity (Wildman–Crippen MR) is 116 cm³/mol. The number of fused-ring (bicyclic) bond motifs is 1. The number of carbonyl (C=O) groups is 1. The number of imidazole rings is 1. The van der Waals surface area contributed by atoms with Gasteiger partial charge in [-0.1, -0.05) is 29.3 Å². The van der Waals surface area contributed by atoms with Crippen molar-refractivity contribution in [2.24, 2.45) is 0 Å². The average molecular weight is 480 g/mol. The molecule has 0 aliphatic carbocycles. The molecule has 32 heavy (non-hydrogen) atoms. The molecule has 0 saturated heterocycles. The molecule has 2 heterocycles. The zero-order valence-corrected chi connectivity index (χ0v) is 17.6. The van der Waals surface area contributed by atoms with Crippen LogP contribution in [0.25, 0.3) is 11.0 Å².